The molecule has 0 saturated heterocycles. The predicted octanol–water partition coefficient (Wildman–Crippen LogP) is 2.42. The summed E-state index contributed by atoms with van der Waals surface area (Å²) in [4.78, 5) is 5.27. The fourth-order valence-electron chi connectivity index (χ4n) is 2.48. The number of hydrogen-bond acceptors (Lipinski definition) is 4. The fourth-order valence-corrected chi connectivity index (χ4v) is 2.48. The van der Waals surface area contributed by atoms with Crippen LogP contribution in [0, 0.1) is 0 Å². The summed E-state index contributed by atoms with van der Waals surface area (Å²) < 4.78 is 10.7. The summed E-state index contributed by atoms with van der Waals surface area (Å²) in [5.41, 5.74) is 2.45. The van der Waals surface area contributed by atoms with Crippen LogP contribution < -0.4 is 14.8 Å². The highest BCUT2D eigenvalue weighted by atomic mass is 16.5. The molecule has 1 unspecified atom stereocenters. The third-order valence-electron chi connectivity index (χ3n) is 3.74. The van der Waals surface area contributed by atoms with Gasteiger partial charge in [0.25, 0.3) is 0 Å². The number of hydrogen-bond donors (Lipinski definition) is 2. The van der Waals surface area contributed by atoms with Gasteiger partial charge in [0, 0.05) is 31.5 Å². The van der Waals surface area contributed by atoms with E-state index in [1.54, 1.807) is 14.2 Å². The van der Waals surface area contributed by atoms with E-state index in [0.717, 1.165) is 24.6 Å². The first-order valence-corrected chi connectivity index (χ1v) is 7.36. The second-order valence-corrected chi connectivity index (χ2v) is 5.44. The second-order valence-electron chi connectivity index (χ2n) is 5.44. The third kappa shape index (κ3) is 4.02. The van der Waals surface area contributed by atoms with E-state index in [1.807, 2.05) is 24.5 Å². The number of aromatic amines is 1. The van der Waals surface area contributed by atoms with Crippen LogP contribution in [0.3, 0.4) is 0 Å². The van der Waals surface area contributed by atoms with Crippen LogP contribution in [0.5, 0.6) is 11.5 Å². The molecule has 5 heteroatoms. The number of nitrogens with one attached hydrogen (secondary N) is 2. The molecule has 0 aliphatic heterocycles. The molecule has 1 heterocycles. The molecule has 0 radical (unpaired) electrons. The van der Waals surface area contributed by atoms with Crippen molar-refractivity contribution >= 4 is 0 Å². The molecular formula is C17H25N3O2. The molecule has 1 atom stereocenters. The quantitative estimate of drug-likeness (QED) is 0.786. The van der Waals surface area contributed by atoms with Crippen molar-refractivity contribution in [1.29, 1.82) is 0 Å². The minimum absolute atomic E-state index is 0.263. The number of benzene rings is 1. The van der Waals surface area contributed by atoms with Crippen LogP contribution >= 0.6 is 0 Å². The Hall–Kier alpha value is -1.98. The van der Waals surface area contributed by atoms with Gasteiger partial charge in [-0.1, -0.05) is 6.07 Å². The lowest BCUT2D eigenvalue weighted by Crippen LogP contribution is -2.30. The molecule has 0 amide bonds. The maximum atomic E-state index is 5.40. The van der Waals surface area contributed by atoms with Gasteiger partial charge in [0.1, 0.15) is 0 Å². The van der Waals surface area contributed by atoms with Crippen LogP contribution in [-0.2, 0) is 6.54 Å². The SMILES string of the molecule is COc1ccc(C(CNCc2cc[nH]c2)N(C)C)cc1OC. The van der Waals surface area contributed by atoms with Crippen LogP contribution in [0.4, 0.5) is 0 Å². The largest absolute Gasteiger partial charge is 0.493 e. The van der Waals surface area contributed by atoms with Crippen molar-refractivity contribution in [2.24, 2.45) is 0 Å². The fraction of sp³-hybridized carbons (Fsp3) is 0.412. The topological polar surface area (TPSA) is 49.5 Å². The van der Waals surface area contributed by atoms with E-state index in [4.69, 9.17) is 9.47 Å². The van der Waals surface area contributed by atoms with E-state index in [9.17, 15) is 0 Å². The van der Waals surface area contributed by atoms with Gasteiger partial charge < -0.3 is 24.7 Å². The molecule has 1 aromatic heterocycles. The number of aromatic nitrogens is 1. The molecule has 0 spiro atoms. The van der Waals surface area contributed by atoms with Crippen LogP contribution in [-0.4, -0.2) is 44.7 Å². The molecule has 0 bridgehead atoms. The number of nitrogens with zero attached hydrogens (tertiary/aromatic N) is 1. The van der Waals surface area contributed by atoms with Crippen molar-refractivity contribution in [2.75, 3.05) is 34.9 Å². The maximum absolute atomic E-state index is 5.40. The monoisotopic (exact) mass is 303 g/mol. The molecule has 5 nitrogen and oxygen atoms in total. The highest BCUT2D eigenvalue weighted by molar-refractivity contribution is 5.43. The van der Waals surface area contributed by atoms with Gasteiger partial charge in [0.05, 0.1) is 14.2 Å². The lowest BCUT2D eigenvalue weighted by molar-refractivity contribution is 0.286. The van der Waals surface area contributed by atoms with Gasteiger partial charge >= 0.3 is 0 Å². The Morgan fingerprint density at radius 3 is 2.50 bits per heavy atom. The van der Waals surface area contributed by atoms with Crippen molar-refractivity contribution in [3.8, 4) is 11.5 Å². The Bertz CT molecular complexity index is 567. The Morgan fingerprint density at radius 2 is 1.91 bits per heavy atom. The van der Waals surface area contributed by atoms with Crippen molar-refractivity contribution in [1.82, 2.24) is 15.2 Å². The lowest BCUT2D eigenvalue weighted by atomic mass is 10.0. The minimum Gasteiger partial charge on any atom is -0.493 e. The Morgan fingerprint density at radius 1 is 1.14 bits per heavy atom. The van der Waals surface area contributed by atoms with Crippen LogP contribution in [0.2, 0.25) is 0 Å². The maximum Gasteiger partial charge on any atom is 0.161 e. The second kappa shape index (κ2) is 7.87. The highest BCUT2D eigenvalue weighted by Crippen LogP contribution is 2.31. The summed E-state index contributed by atoms with van der Waals surface area (Å²) >= 11 is 0. The van der Waals surface area contributed by atoms with Gasteiger partial charge in [0.2, 0.25) is 0 Å². The highest BCUT2D eigenvalue weighted by Gasteiger charge is 2.16. The molecule has 0 saturated carbocycles. The molecule has 22 heavy (non-hydrogen) atoms. The molecule has 2 rings (SSSR count). The van der Waals surface area contributed by atoms with Crippen LogP contribution in [0.15, 0.2) is 36.7 Å². The number of rotatable bonds is 8. The van der Waals surface area contributed by atoms with Crippen molar-refractivity contribution < 1.29 is 9.47 Å². The average molecular weight is 303 g/mol. The van der Waals surface area contributed by atoms with E-state index in [2.05, 4.69) is 41.4 Å². The van der Waals surface area contributed by atoms with Gasteiger partial charge in [-0.25, -0.2) is 0 Å². The molecule has 1 aromatic carbocycles. The molecule has 2 aromatic rings. The summed E-state index contributed by atoms with van der Waals surface area (Å²) in [6.45, 7) is 1.70. The van der Waals surface area contributed by atoms with Crippen LogP contribution in [0.25, 0.3) is 0 Å². The van der Waals surface area contributed by atoms with Crippen molar-refractivity contribution in [3.63, 3.8) is 0 Å². The smallest absolute Gasteiger partial charge is 0.161 e. The average Bonchev–Trinajstić information content (AvgIpc) is 3.04. The summed E-state index contributed by atoms with van der Waals surface area (Å²) in [6.07, 6.45) is 3.95. The Labute approximate surface area is 132 Å². The standard InChI is InChI=1S/C17H25N3O2/c1-20(2)15(12-19-11-13-7-8-18-10-13)14-5-6-16(21-3)17(9-14)22-4/h5-10,15,18-19H,11-12H2,1-4H3. The summed E-state index contributed by atoms with van der Waals surface area (Å²) in [5, 5.41) is 3.50. The predicted molar refractivity (Wildman–Crippen MR) is 88.5 cm³/mol. The number of methoxy groups -OCH3 is 2. The van der Waals surface area contributed by atoms with E-state index in [-0.39, 0.29) is 6.04 Å². The van der Waals surface area contributed by atoms with Crippen molar-refractivity contribution in [3.05, 3.63) is 47.8 Å². The lowest BCUT2D eigenvalue weighted by Gasteiger charge is -2.26. The zero-order chi connectivity index (χ0) is 15.9. The van der Waals surface area contributed by atoms with Gasteiger partial charge in [-0.15, -0.1) is 0 Å². The Balaban J connectivity index is 2.06. The summed E-state index contributed by atoms with van der Waals surface area (Å²) in [7, 11) is 7.48. The molecule has 0 aliphatic rings. The third-order valence-corrected chi connectivity index (χ3v) is 3.74. The molecule has 120 valence electrons. The van der Waals surface area contributed by atoms with Gasteiger partial charge in [-0.2, -0.15) is 0 Å². The zero-order valence-electron chi connectivity index (χ0n) is 13.7. The first-order valence-electron chi connectivity index (χ1n) is 7.36. The van der Waals surface area contributed by atoms with Gasteiger partial charge in [0.15, 0.2) is 11.5 Å². The van der Waals surface area contributed by atoms with E-state index in [0.29, 0.717) is 0 Å². The van der Waals surface area contributed by atoms with E-state index >= 15 is 0 Å². The number of ether oxygens (including phenoxy) is 2. The molecular weight excluding hydrogens is 278 g/mol. The zero-order valence-corrected chi connectivity index (χ0v) is 13.7. The van der Waals surface area contributed by atoms with E-state index in [1.165, 1.54) is 11.1 Å². The first-order chi connectivity index (χ1) is 10.7. The normalized spacial score (nSPS) is 12.4. The number of likely N-dealkylation sites (N-methyl/N-ethyl adjacent to an activating group) is 1. The number of H-pyrrole nitrogens is 1. The van der Waals surface area contributed by atoms with Gasteiger partial charge in [-0.05, 0) is 43.4 Å². The minimum atomic E-state index is 0.263. The van der Waals surface area contributed by atoms with E-state index < -0.39 is 0 Å². The molecule has 0 fully saturated rings. The first kappa shape index (κ1) is 16.4. The van der Waals surface area contributed by atoms with Crippen molar-refractivity contribution in [2.45, 2.75) is 12.6 Å². The summed E-state index contributed by atoms with van der Waals surface area (Å²) in [6, 6.07) is 8.43. The van der Waals surface area contributed by atoms with Gasteiger partial charge in [-0.3, -0.25) is 0 Å². The summed E-state index contributed by atoms with van der Waals surface area (Å²) in [5.74, 6) is 1.52. The molecule has 0 aliphatic carbocycles. The van der Waals surface area contributed by atoms with Crippen LogP contribution in [0.1, 0.15) is 17.2 Å². The molecule has 2 N–H and O–H groups in total. The Kier molecular flexibility index (Phi) is 5.86.